The summed E-state index contributed by atoms with van der Waals surface area (Å²) in [7, 11) is 0. The number of nitrogens with one attached hydrogen (secondary N) is 1. The van der Waals surface area contributed by atoms with Gasteiger partial charge in [-0.2, -0.15) is 13.2 Å². The predicted molar refractivity (Wildman–Crippen MR) is 64.2 cm³/mol. The van der Waals surface area contributed by atoms with Crippen molar-refractivity contribution in [2.45, 2.75) is 25.2 Å². The first-order chi connectivity index (χ1) is 8.57. The first-order valence-corrected chi connectivity index (χ1v) is 6.13. The van der Waals surface area contributed by atoms with Gasteiger partial charge in [0.05, 0.1) is 0 Å². The highest BCUT2D eigenvalue weighted by atomic mass is 19.4. The Hall–Kier alpha value is -1.07. The Morgan fingerprint density at radius 3 is 2.61 bits per heavy atom. The molecule has 1 N–H and O–H groups in total. The van der Waals surface area contributed by atoms with E-state index in [0.717, 1.165) is 12.0 Å². The zero-order valence-corrected chi connectivity index (χ0v) is 10.1. The summed E-state index contributed by atoms with van der Waals surface area (Å²) >= 11 is 0. The first kappa shape index (κ1) is 13.4. The van der Waals surface area contributed by atoms with Crippen LogP contribution in [0.5, 0.6) is 0 Å². The summed E-state index contributed by atoms with van der Waals surface area (Å²) in [5.41, 5.74) is 0.925. The topological polar surface area (TPSA) is 15.3 Å². The van der Waals surface area contributed by atoms with Crippen LogP contribution in [0.1, 0.15) is 12.0 Å². The molecule has 1 aliphatic heterocycles. The lowest BCUT2D eigenvalue weighted by molar-refractivity contribution is -0.182. The zero-order chi connectivity index (χ0) is 13.0. The van der Waals surface area contributed by atoms with Gasteiger partial charge in [0.25, 0.3) is 0 Å². The molecular weight excluding hydrogens is 241 g/mol. The number of benzene rings is 1. The van der Waals surface area contributed by atoms with Crippen molar-refractivity contribution in [3.05, 3.63) is 35.9 Å². The molecule has 18 heavy (non-hydrogen) atoms. The number of halogens is 3. The Bertz CT molecular complexity index is 364. The molecule has 1 heterocycles. The molecule has 1 aromatic carbocycles. The summed E-state index contributed by atoms with van der Waals surface area (Å²) in [4.78, 5) is 1.52. The Kier molecular flexibility index (Phi) is 4.24. The van der Waals surface area contributed by atoms with Crippen LogP contribution >= 0.6 is 0 Å². The van der Waals surface area contributed by atoms with Gasteiger partial charge in [0, 0.05) is 19.6 Å². The van der Waals surface area contributed by atoms with Crippen LogP contribution in [-0.2, 0) is 6.54 Å². The Balaban J connectivity index is 2.11. The lowest BCUT2D eigenvalue weighted by Crippen LogP contribution is -2.49. The average molecular weight is 258 g/mol. The summed E-state index contributed by atoms with van der Waals surface area (Å²) in [5.74, 6) is 0. The maximum absolute atomic E-state index is 13.0. The Labute approximate surface area is 105 Å². The second-order valence-electron chi connectivity index (χ2n) is 4.57. The normalized spacial score (nSPS) is 22.7. The fourth-order valence-electron chi connectivity index (χ4n) is 2.26. The van der Waals surface area contributed by atoms with Gasteiger partial charge in [0.1, 0.15) is 6.04 Å². The smallest absolute Gasteiger partial charge is 0.315 e. The van der Waals surface area contributed by atoms with E-state index in [2.05, 4.69) is 5.32 Å². The quantitative estimate of drug-likeness (QED) is 0.876. The number of nitrogens with zero attached hydrogens (tertiary/aromatic N) is 1. The molecule has 2 nitrogen and oxygen atoms in total. The van der Waals surface area contributed by atoms with Crippen LogP contribution in [0.4, 0.5) is 13.2 Å². The minimum absolute atomic E-state index is 0.0175. The van der Waals surface area contributed by atoms with Crippen LogP contribution in [0.3, 0.4) is 0 Å². The predicted octanol–water partition coefficient (Wildman–Crippen LogP) is 2.41. The molecule has 0 bridgehead atoms. The number of rotatable bonds is 2. The third-order valence-corrected chi connectivity index (χ3v) is 3.18. The van der Waals surface area contributed by atoms with Crippen molar-refractivity contribution in [3.8, 4) is 0 Å². The van der Waals surface area contributed by atoms with Crippen LogP contribution in [-0.4, -0.2) is 36.8 Å². The van der Waals surface area contributed by atoms with Crippen molar-refractivity contribution in [2.24, 2.45) is 0 Å². The minimum Gasteiger partial charge on any atom is -0.315 e. The molecule has 1 atom stereocenters. The Morgan fingerprint density at radius 2 is 1.94 bits per heavy atom. The molecule has 1 unspecified atom stereocenters. The molecule has 100 valence electrons. The zero-order valence-electron chi connectivity index (χ0n) is 10.1. The lowest BCUT2D eigenvalue weighted by atomic mass is 10.1. The molecule has 0 aliphatic carbocycles. The maximum atomic E-state index is 13.0. The van der Waals surface area contributed by atoms with Gasteiger partial charge in [-0.25, -0.2) is 0 Å². The van der Waals surface area contributed by atoms with Crippen LogP contribution in [0, 0.1) is 0 Å². The molecule has 0 saturated carbocycles. The highest BCUT2D eigenvalue weighted by Crippen LogP contribution is 2.26. The minimum atomic E-state index is -4.17. The van der Waals surface area contributed by atoms with Gasteiger partial charge < -0.3 is 5.32 Å². The van der Waals surface area contributed by atoms with Gasteiger partial charge in [-0.05, 0) is 18.5 Å². The van der Waals surface area contributed by atoms with Crippen molar-refractivity contribution < 1.29 is 13.2 Å². The summed E-state index contributed by atoms with van der Waals surface area (Å²) in [6, 6.07) is 7.93. The van der Waals surface area contributed by atoms with Crippen molar-refractivity contribution in [1.29, 1.82) is 0 Å². The van der Waals surface area contributed by atoms with Crippen LogP contribution in [0.2, 0.25) is 0 Å². The Morgan fingerprint density at radius 1 is 1.22 bits per heavy atom. The highest BCUT2D eigenvalue weighted by Gasteiger charge is 2.43. The van der Waals surface area contributed by atoms with E-state index in [9.17, 15) is 13.2 Å². The average Bonchev–Trinajstić information content (AvgIpc) is 2.55. The van der Waals surface area contributed by atoms with Crippen LogP contribution in [0.25, 0.3) is 0 Å². The maximum Gasteiger partial charge on any atom is 0.405 e. The van der Waals surface area contributed by atoms with Crippen LogP contribution in [0.15, 0.2) is 30.3 Å². The number of alkyl halides is 3. The van der Waals surface area contributed by atoms with E-state index >= 15 is 0 Å². The lowest BCUT2D eigenvalue weighted by Gasteiger charge is -2.31. The molecule has 1 saturated heterocycles. The number of hydrogen-bond acceptors (Lipinski definition) is 2. The van der Waals surface area contributed by atoms with Gasteiger partial charge in [-0.1, -0.05) is 30.3 Å². The molecule has 5 heteroatoms. The van der Waals surface area contributed by atoms with Gasteiger partial charge in [-0.3, -0.25) is 4.90 Å². The standard InChI is InChI=1S/C13H17F3N2/c14-13(15,16)12-9-17-7-4-8-18(12)10-11-5-2-1-3-6-11/h1-3,5-6,12,17H,4,7-10H2. The third kappa shape index (κ3) is 3.46. The molecule has 0 amide bonds. The van der Waals surface area contributed by atoms with Crippen LogP contribution < -0.4 is 5.32 Å². The fraction of sp³-hybridized carbons (Fsp3) is 0.538. The van der Waals surface area contributed by atoms with Gasteiger partial charge in [0.2, 0.25) is 0 Å². The summed E-state index contributed by atoms with van der Waals surface area (Å²) < 4.78 is 39.0. The molecule has 0 radical (unpaired) electrons. The van der Waals surface area contributed by atoms with Gasteiger partial charge >= 0.3 is 6.18 Å². The number of hydrogen-bond donors (Lipinski definition) is 1. The van der Waals surface area contributed by atoms with Gasteiger partial charge in [-0.15, -0.1) is 0 Å². The van der Waals surface area contributed by atoms with Crippen molar-refractivity contribution in [3.63, 3.8) is 0 Å². The molecule has 1 aliphatic rings. The van der Waals surface area contributed by atoms with E-state index in [1.807, 2.05) is 30.3 Å². The molecule has 0 spiro atoms. The third-order valence-electron chi connectivity index (χ3n) is 3.18. The van der Waals surface area contributed by atoms with E-state index in [-0.39, 0.29) is 6.54 Å². The van der Waals surface area contributed by atoms with Crippen molar-refractivity contribution in [2.75, 3.05) is 19.6 Å². The van der Waals surface area contributed by atoms with E-state index in [4.69, 9.17) is 0 Å². The van der Waals surface area contributed by atoms with E-state index < -0.39 is 12.2 Å². The highest BCUT2D eigenvalue weighted by molar-refractivity contribution is 5.14. The van der Waals surface area contributed by atoms with E-state index in [1.54, 1.807) is 0 Å². The first-order valence-electron chi connectivity index (χ1n) is 6.13. The van der Waals surface area contributed by atoms with Gasteiger partial charge in [0.15, 0.2) is 0 Å². The summed E-state index contributed by atoms with van der Waals surface area (Å²) in [5, 5.41) is 2.86. The van der Waals surface area contributed by atoms with Crippen molar-refractivity contribution in [1.82, 2.24) is 10.2 Å². The fourth-order valence-corrected chi connectivity index (χ4v) is 2.26. The second-order valence-corrected chi connectivity index (χ2v) is 4.57. The van der Waals surface area contributed by atoms with E-state index in [0.29, 0.717) is 19.6 Å². The molecule has 0 aromatic heterocycles. The second kappa shape index (κ2) is 5.71. The molecule has 1 aromatic rings. The SMILES string of the molecule is FC(F)(F)C1CNCCCN1Cc1ccccc1. The molecular formula is C13H17F3N2. The van der Waals surface area contributed by atoms with E-state index in [1.165, 1.54) is 4.90 Å². The molecule has 2 rings (SSSR count). The van der Waals surface area contributed by atoms with Crippen molar-refractivity contribution >= 4 is 0 Å². The summed E-state index contributed by atoms with van der Waals surface area (Å²) in [6.07, 6.45) is -3.43. The monoisotopic (exact) mass is 258 g/mol. The largest absolute Gasteiger partial charge is 0.405 e. The molecule has 1 fully saturated rings. The summed E-state index contributed by atoms with van der Waals surface area (Å²) in [6.45, 7) is 1.47.